The highest BCUT2D eigenvalue weighted by Crippen LogP contribution is 2.57. The summed E-state index contributed by atoms with van der Waals surface area (Å²) < 4.78 is 7.34. The van der Waals surface area contributed by atoms with Gasteiger partial charge in [-0.3, -0.25) is 0 Å². The van der Waals surface area contributed by atoms with Gasteiger partial charge in [0.1, 0.15) is 5.58 Å². The van der Waals surface area contributed by atoms with Gasteiger partial charge in [-0.25, -0.2) is 0 Å². The van der Waals surface area contributed by atoms with Crippen molar-refractivity contribution < 1.29 is 4.42 Å². The highest BCUT2D eigenvalue weighted by molar-refractivity contribution is 7.00. The second kappa shape index (κ2) is 12.6. The molecule has 0 radical (unpaired) electrons. The summed E-state index contributed by atoms with van der Waals surface area (Å²) in [5, 5.41) is 1.15. The van der Waals surface area contributed by atoms with Crippen molar-refractivity contribution in [2.75, 3.05) is 9.80 Å². The second-order valence-corrected chi connectivity index (χ2v) is 23.0. The molecule has 11 rings (SSSR count). The molecule has 0 unspecified atom stereocenters. The number of para-hydroxylation sites is 1. The van der Waals surface area contributed by atoms with Crippen LogP contribution in [0.3, 0.4) is 0 Å². The molecule has 0 spiro atoms. The van der Waals surface area contributed by atoms with Gasteiger partial charge in [0.15, 0.2) is 0 Å². The van der Waals surface area contributed by atoms with Crippen LogP contribution in [0.5, 0.6) is 0 Å². The predicted molar refractivity (Wildman–Crippen MR) is 265 cm³/mol. The molecule has 0 atom stereocenters. The van der Waals surface area contributed by atoms with E-state index in [1.165, 1.54) is 89.4 Å². The molecule has 6 aromatic carbocycles. The molecule has 4 aliphatic rings. The minimum atomic E-state index is -0.201. The van der Waals surface area contributed by atoms with Crippen molar-refractivity contribution in [2.45, 2.75) is 130 Å². The van der Waals surface area contributed by atoms with E-state index in [1.807, 2.05) is 0 Å². The Morgan fingerprint density at radius 3 is 1.84 bits per heavy atom. The van der Waals surface area contributed by atoms with Gasteiger partial charge in [0.2, 0.25) is 0 Å². The zero-order valence-corrected chi connectivity index (χ0v) is 39.2. The molecular formula is C58H61BN2O. The largest absolute Gasteiger partial charge is 0.468 e. The molecule has 0 saturated carbocycles. The smallest absolute Gasteiger partial charge is 0.297 e. The van der Waals surface area contributed by atoms with Crippen LogP contribution in [0, 0.1) is 6.92 Å². The third-order valence-corrected chi connectivity index (χ3v) is 15.4. The summed E-state index contributed by atoms with van der Waals surface area (Å²) >= 11 is 0. The van der Waals surface area contributed by atoms with Gasteiger partial charge in [0.25, 0.3) is 6.71 Å². The molecule has 4 heteroatoms. The lowest BCUT2D eigenvalue weighted by atomic mass is 9.35. The Morgan fingerprint density at radius 2 is 1.16 bits per heavy atom. The molecule has 312 valence electrons. The van der Waals surface area contributed by atoms with Gasteiger partial charge in [0.05, 0.1) is 17.0 Å². The van der Waals surface area contributed by atoms with Crippen LogP contribution < -0.4 is 26.4 Å². The summed E-state index contributed by atoms with van der Waals surface area (Å²) in [7, 11) is 0. The van der Waals surface area contributed by atoms with E-state index in [9.17, 15) is 0 Å². The average Bonchev–Trinajstić information content (AvgIpc) is 3.70. The Labute approximate surface area is 370 Å². The van der Waals surface area contributed by atoms with E-state index in [1.54, 1.807) is 0 Å². The first-order chi connectivity index (χ1) is 29.2. The van der Waals surface area contributed by atoms with Gasteiger partial charge in [-0.15, -0.1) is 0 Å². The van der Waals surface area contributed by atoms with Gasteiger partial charge in [-0.2, -0.15) is 0 Å². The standard InChI is InChI=1S/C58H61BN2O/c1-34-27-47-51-48(28-34)61(45-23-18-21-39-38-19-14-16-22-41(38)58(12,13)50(39)45)46-33-43-42(56(8,9)25-26-57(43,10)11)32-44(46)59(51)53-52(40-20-15-17-24-49(40)62-53)60(47)37-30-35(54(2,3)4)29-36(31-37)55(5,6)7/h14-24,27-33H,25-26H2,1-13H3. The summed E-state index contributed by atoms with van der Waals surface area (Å²) in [5.74, 6) is 0. The Morgan fingerprint density at radius 1 is 0.565 bits per heavy atom. The fourth-order valence-corrected chi connectivity index (χ4v) is 11.8. The van der Waals surface area contributed by atoms with Gasteiger partial charge in [-0.05, 0) is 151 Å². The topological polar surface area (TPSA) is 19.6 Å². The van der Waals surface area contributed by atoms with Crippen LogP contribution in [0.25, 0.3) is 22.1 Å². The maximum Gasteiger partial charge on any atom is 0.297 e. The van der Waals surface area contributed by atoms with E-state index in [4.69, 9.17) is 4.42 Å². The normalized spacial score (nSPS) is 17.6. The number of nitrogens with zero attached hydrogens (tertiary/aromatic N) is 2. The van der Waals surface area contributed by atoms with Crippen LogP contribution in [0.1, 0.15) is 135 Å². The number of aryl methyl sites for hydroxylation is 1. The number of fused-ring (bicyclic) bond motifs is 10. The Hall–Kier alpha value is -5.48. The molecule has 0 fully saturated rings. The monoisotopic (exact) mass is 812 g/mol. The molecule has 3 heterocycles. The molecule has 0 N–H and O–H groups in total. The molecule has 0 bridgehead atoms. The molecule has 2 aliphatic carbocycles. The zero-order chi connectivity index (χ0) is 43.6. The van der Waals surface area contributed by atoms with Crippen LogP contribution >= 0.6 is 0 Å². The van der Waals surface area contributed by atoms with Gasteiger partial charge < -0.3 is 14.2 Å². The minimum Gasteiger partial charge on any atom is -0.468 e. The third kappa shape index (κ3) is 5.44. The number of benzene rings is 6. The summed E-state index contributed by atoms with van der Waals surface area (Å²) in [6.07, 6.45) is 2.31. The summed E-state index contributed by atoms with van der Waals surface area (Å²) in [4.78, 5) is 5.26. The fraction of sp³-hybridized carbons (Fsp3) is 0.345. The van der Waals surface area contributed by atoms with Crippen molar-refractivity contribution in [3.05, 3.63) is 148 Å². The van der Waals surface area contributed by atoms with Crippen molar-refractivity contribution in [1.29, 1.82) is 0 Å². The quantitative estimate of drug-likeness (QED) is 0.162. The molecular weight excluding hydrogens is 751 g/mol. The number of anilines is 6. The van der Waals surface area contributed by atoms with E-state index in [2.05, 4.69) is 209 Å². The Kier molecular flexibility index (Phi) is 7.99. The van der Waals surface area contributed by atoms with Crippen molar-refractivity contribution in [1.82, 2.24) is 0 Å². The maximum atomic E-state index is 7.34. The van der Waals surface area contributed by atoms with Gasteiger partial charge in [-0.1, -0.05) is 144 Å². The summed E-state index contributed by atoms with van der Waals surface area (Å²) in [5.41, 5.74) is 24.1. The minimum absolute atomic E-state index is 0.0346. The Balaban J connectivity index is 1.29. The summed E-state index contributed by atoms with van der Waals surface area (Å²) in [6.45, 7) is 30.9. The molecule has 7 aromatic rings. The fourth-order valence-electron chi connectivity index (χ4n) is 11.8. The van der Waals surface area contributed by atoms with Crippen LogP contribution in [0.2, 0.25) is 0 Å². The molecule has 2 aliphatic heterocycles. The molecule has 1 aromatic heterocycles. The van der Waals surface area contributed by atoms with Gasteiger partial charge >= 0.3 is 0 Å². The first-order valence-electron chi connectivity index (χ1n) is 23.0. The molecule has 0 amide bonds. The molecule has 3 nitrogen and oxygen atoms in total. The first-order valence-corrected chi connectivity index (χ1v) is 23.0. The molecule has 0 saturated heterocycles. The first kappa shape index (κ1) is 39.4. The lowest BCUT2D eigenvalue weighted by molar-refractivity contribution is 0.332. The number of hydrogen-bond acceptors (Lipinski definition) is 3. The zero-order valence-electron chi connectivity index (χ0n) is 39.2. The average molecular weight is 813 g/mol. The lowest BCUT2D eigenvalue weighted by Crippen LogP contribution is -2.61. The van der Waals surface area contributed by atoms with Crippen LogP contribution in [0.15, 0.2) is 114 Å². The van der Waals surface area contributed by atoms with E-state index in [-0.39, 0.29) is 33.8 Å². The van der Waals surface area contributed by atoms with E-state index < -0.39 is 0 Å². The maximum absolute atomic E-state index is 7.34. The third-order valence-electron chi connectivity index (χ3n) is 15.4. The van der Waals surface area contributed by atoms with Crippen molar-refractivity contribution in [3.63, 3.8) is 0 Å². The van der Waals surface area contributed by atoms with Crippen molar-refractivity contribution in [3.8, 4) is 11.1 Å². The predicted octanol–water partition coefficient (Wildman–Crippen LogP) is 14.1. The van der Waals surface area contributed by atoms with E-state index in [0.717, 1.165) is 35.2 Å². The number of hydrogen-bond donors (Lipinski definition) is 0. The highest BCUT2D eigenvalue weighted by atomic mass is 16.3. The Bertz CT molecular complexity index is 3020. The van der Waals surface area contributed by atoms with Gasteiger partial charge in [0, 0.05) is 33.6 Å². The lowest BCUT2D eigenvalue weighted by Gasteiger charge is -2.47. The van der Waals surface area contributed by atoms with E-state index in [0.29, 0.717) is 0 Å². The van der Waals surface area contributed by atoms with Crippen molar-refractivity contribution in [2.24, 2.45) is 0 Å². The van der Waals surface area contributed by atoms with E-state index >= 15 is 0 Å². The van der Waals surface area contributed by atoms with Crippen LogP contribution in [0.4, 0.5) is 34.1 Å². The van der Waals surface area contributed by atoms with Crippen LogP contribution in [-0.2, 0) is 27.1 Å². The second-order valence-electron chi connectivity index (χ2n) is 23.0. The SMILES string of the molecule is Cc1cc2c3c(c1)N(c1cc(C(C)(C)C)cc(C(C)(C)C)c1)c1c(oc4ccccc14)B3c1cc3c(cc1N2c1cccc2c1C(C)(C)c1ccccc1-2)C(C)(C)CCC3(C)C. The molecule has 62 heavy (non-hydrogen) atoms. The summed E-state index contributed by atoms with van der Waals surface area (Å²) in [6, 6.07) is 42.4. The highest BCUT2D eigenvalue weighted by Gasteiger charge is 2.50. The number of rotatable bonds is 2. The number of furan rings is 1. The van der Waals surface area contributed by atoms with Crippen LogP contribution in [-0.4, -0.2) is 6.71 Å². The van der Waals surface area contributed by atoms with Crippen molar-refractivity contribution >= 4 is 68.4 Å².